The third kappa shape index (κ3) is 4.35. The van der Waals surface area contributed by atoms with Crippen molar-refractivity contribution in [3.63, 3.8) is 0 Å². The summed E-state index contributed by atoms with van der Waals surface area (Å²) in [4.78, 5) is 9.05. The lowest BCUT2D eigenvalue weighted by Gasteiger charge is -2.36. The standard InChI is InChI=1S/C18H23N5O2/c1-14(18-20-15(2)21-25-18)23-9-7-22(8-10-23)11-12-24-17-6-4-3-5-16(17)13-19/h3-6,14H,7-12H2,1-2H3. The minimum atomic E-state index is 0.141. The third-order valence-electron chi connectivity index (χ3n) is 4.53. The second kappa shape index (κ2) is 8.10. The van der Waals surface area contributed by atoms with Crippen LogP contribution in [0.25, 0.3) is 0 Å². The highest BCUT2D eigenvalue weighted by molar-refractivity contribution is 5.42. The second-order valence-electron chi connectivity index (χ2n) is 6.19. The van der Waals surface area contributed by atoms with Crippen molar-refractivity contribution in [2.45, 2.75) is 19.9 Å². The molecule has 0 N–H and O–H groups in total. The van der Waals surface area contributed by atoms with Crippen molar-refractivity contribution >= 4 is 0 Å². The van der Waals surface area contributed by atoms with Crippen LogP contribution in [-0.2, 0) is 0 Å². The molecule has 132 valence electrons. The van der Waals surface area contributed by atoms with Gasteiger partial charge in [0.1, 0.15) is 18.4 Å². The van der Waals surface area contributed by atoms with Gasteiger partial charge in [-0.3, -0.25) is 9.80 Å². The molecule has 0 saturated carbocycles. The number of aryl methyl sites for hydroxylation is 1. The number of nitriles is 1. The molecule has 1 aliphatic heterocycles. The van der Waals surface area contributed by atoms with E-state index in [0.717, 1.165) is 32.7 Å². The van der Waals surface area contributed by atoms with E-state index >= 15 is 0 Å². The predicted octanol–water partition coefficient (Wildman–Crippen LogP) is 2.01. The molecule has 0 aliphatic carbocycles. The molecule has 1 aromatic heterocycles. The Labute approximate surface area is 147 Å². The smallest absolute Gasteiger partial charge is 0.243 e. The molecule has 1 unspecified atom stereocenters. The molecule has 1 saturated heterocycles. The summed E-state index contributed by atoms with van der Waals surface area (Å²) in [5, 5.41) is 12.9. The molecule has 3 rings (SSSR count). The highest BCUT2D eigenvalue weighted by atomic mass is 16.5. The van der Waals surface area contributed by atoms with Crippen molar-refractivity contribution in [1.29, 1.82) is 5.26 Å². The molecule has 7 nitrogen and oxygen atoms in total. The Hall–Kier alpha value is -2.43. The van der Waals surface area contributed by atoms with E-state index in [4.69, 9.17) is 14.5 Å². The molecule has 2 aromatic rings. The molecule has 0 spiro atoms. The maximum Gasteiger partial charge on any atom is 0.243 e. The third-order valence-corrected chi connectivity index (χ3v) is 4.53. The van der Waals surface area contributed by atoms with Crippen molar-refractivity contribution < 1.29 is 9.26 Å². The first-order chi connectivity index (χ1) is 12.2. The number of hydrogen-bond acceptors (Lipinski definition) is 7. The zero-order chi connectivity index (χ0) is 17.6. The lowest BCUT2D eigenvalue weighted by Crippen LogP contribution is -2.48. The maximum atomic E-state index is 9.08. The van der Waals surface area contributed by atoms with Gasteiger partial charge in [0, 0.05) is 32.7 Å². The summed E-state index contributed by atoms with van der Waals surface area (Å²) < 4.78 is 11.0. The van der Waals surface area contributed by atoms with E-state index in [2.05, 4.69) is 32.9 Å². The minimum Gasteiger partial charge on any atom is -0.491 e. The molecular formula is C18H23N5O2. The van der Waals surface area contributed by atoms with Crippen LogP contribution >= 0.6 is 0 Å². The van der Waals surface area contributed by atoms with E-state index in [9.17, 15) is 0 Å². The molecule has 1 aliphatic rings. The lowest BCUT2D eigenvalue weighted by atomic mass is 10.2. The predicted molar refractivity (Wildman–Crippen MR) is 92.1 cm³/mol. The van der Waals surface area contributed by atoms with Crippen LogP contribution in [0, 0.1) is 18.3 Å². The first-order valence-corrected chi connectivity index (χ1v) is 8.56. The first-order valence-electron chi connectivity index (χ1n) is 8.56. The van der Waals surface area contributed by atoms with Gasteiger partial charge in [-0.1, -0.05) is 17.3 Å². The van der Waals surface area contributed by atoms with Crippen molar-refractivity contribution in [1.82, 2.24) is 19.9 Å². The van der Waals surface area contributed by atoms with Crippen LogP contribution in [0.15, 0.2) is 28.8 Å². The van der Waals surface area contributed by atoms with Gasteiger partial charge in [-0.25, -0.2) is 0 Å². The summed E-state index contributed by atoms with van der Waals surface area (Å²) in [6, 6.07) is 9.63. The normalized spacial score (nSPS) is 17.2. The van der Waals surface area contributed by atoms with Crippen molar-refractivity contribution in [2.24, 2.45) is 0 Å². The van der Waals surface area contributed by atoms with E-state index in [-0.39, 0.29) is 6.04 Å². The summed E-state index contributed by atoms with van der Waals surface area (Å²) in [5.74, 6) is 2.02. The van der Waals surface area contributed by atoms with Gasteiger partial charge < -0.3 is 9.26 Å². The van der Waals surface area contributed by atoms with Crippen LogP contribution in [-0.4, -0.2) is 59.3 Å². The van der Waals surface area contributed by atoms with Gasteiger partial charge in [0.05, 0.1) is 11.6 Å². The minimum absolute atomic E-state index is 0.141. The van der Waals surface area contributed by atoms with Gasteiger partial charge in [-0.15, -0.1) is 0 Å². The molecule has 7 heteroatoms. The van der Waals surface area contributed by atoms with Crippen LogP contribution in [0.4, 0.5) is 0 Å². The van der Waals surface area contributed by atoms with Crippen molar-refractivity contribution in [2.75, 3.05) is 39.3 Å². The average Bonchev–Trinajstić information content (AvgIpc) is 3.08. The van der Waals surface area contributed by atoms with Crippen molar-refractivity contribution in [3.8, 4) is 11.8 Å². The fourth-order valence-corrected chi connectivity index (χ4v) is 2.98. The highest BCUT2D eigenvalue weighted by Crippen LogP contribution is 2.20. The summed E-state index contributed by atoms with van der Waals surface area (Å²) in [6.45, 7) is 9.22. The van der Waals surface area contributed by atoms with Gasteiger partial charge in [0.15, 0.2) is 5.82 Å². The number of benzene rings is 1. The van der Waals surface area contributed by atoms with Gasteiger partial charge in [-0.05, 0) is 26.0 Å². The van der Waals surface area contributed by atoms with E-state index < -0.39 is 0 Å². The Kier molecular flexibility index (Phi) is 5.64. The molecular weight excluding hydrogens is 318 g/mol. The van der Waals surface area contributed by atoms with Crippen LogP contribution < -0.4 is 4.74 Å². The zero-order valence-corrected chi connectivity index (χ0v) is 14.7. The second-order valence-corrected chi connectivity index (χ2v) is 6.19. The van der Waals surface area contributed by atoms with Crippen LogP contribution in [0.5, 0.6) is 5.75 Å². The number of nitrogens with zero attached hydrogens (tertiary/aromatic N) is 5. The number of piperazine rings is 1. The Morgan fingerprint density at radius 3 is 2.72 bits per heavy atom. The number of ether oxygens (including phenoxy) is 1. The average molecular weight is 341 g/mol. The first kappa shape index (κ1) is 17.4. The number of rotatable bonds is 6. The van der Waals surface area contributed by atoms with E-state index in [1.54, 1.807) is 6.07 Å². The van der Waals surface area contributed by atoms with Gasteiger partial charge >= 0.3 is 0 Å². The topological polar surface area (TPSA) is 78.4 Å². The Morgan fingerprint density at radius 1 is 1.28 bits per heavy atom. The van der Waals surface area contributed by atoms with E-state index in [1.165, 1.54) is 0 Å². The fourth-order valence-electron chi connectivity index (χ4n) is 2.98. The Balaban J connectivity index is 1.43. The quantitative estimate of drug-likeness (QED) is 0.795. The van der Waals surface area contributed by atoms with Crippen LogP contribution in [0.2, 0.25) is 0 Å². The molecule has 0 amide bonds. The van der Waals surface area contributed by atoms with Crippen molar-refractivity contribution in [3.05, 3.63) is 41.5 Å². The molecule has 2 heterocycles. The monoisotopic (exact) mass is 341 g/mol. The SMILES string of the molecule is Cc1noc(C(C)N2CCN(CCOc3ccccc3C#N)CC2)n1. The summed E-state index contributed by atoms with van der Waals surface area (Å²) in [5.41, 5.74) is 0.580. The van der Waals surface area contributed by atoms with Gasteiger partial charge in [0.25, 0.3) is 0 Å². The largest absolute Gasteiger partial charge is 0.491 e. The van der Waals surface area contributed by atoms with Crippen LogP contribution in [0.1, 0.15) is 30.2 Å². The number of hydrogen-bond donors (Lipinski definition) is 0. The van der Waals surface area contributed by atoms with E-state index in [0.29, 0.717) is 29.6 Å². The lowest BCUT2D eigenvalue weighted by molar-refractivity contribution is 0.0800. The number of para-hydroxylation sites is 1. The molecule has 1 fully saturated rings. The summed E-state index contributed by atoms with van der Waals surface area (Å²) in [7, 11) is 0. The highest BCUT2D eigenvalue weighted by Gasteiger charge is 2.25. The van der Waals surface area contributed by atoms with Crippen LogP contribution in [0.3, 0.4) is 0 Å². The zero-order valence-electron chi connectivity index (χ0n) is 14.7. The molecule has 25 heavy (non-hydrogen) atoms. The Morgan fingerprint density at radius 2 is 2.04 bits per heavy atom. The molecule has 0 radical (unpaired) electrons. The molecule has 1 aromatic carbocycles. The van der Waals surface area contributed by atoms with Gasteiger partial charge in [-0.2, -0.15) is 10.2 Å². The summed E-state index contributed by atoms with van der Waals surface area (Å²) >= 11 is 0. The fraction of sp³-hybridized carbons (Fsp3) is 0.500. The molecule has 1 atom stereocenters. The Bertz CT molecular complexity index is 731. The van der Waals surface area contributed by atoms with Gasteiger partial charge in [0.2, 0.25) is 5.89 Å². The number of aromatic nitrogens is 2. The molecule has 0 bridgehead atoms. The van der Waals surface area contributed by atoms with E-state index in [1.807, 2.05) is 25.1 Å². The maximum absolute atomic E-state index is 9.08. The summed E-state index contributed by atoms with van der Waals surface area (Å²) in [6.07, 6.45) is 0.